The number of esters is 1. The van der Waals surface area contributed by atoms with E-state index in [2.05, 4.69) is 19.1 Å². The molecule has 0 N–H and O–H groups in total. The maximum absolute atomic E-state index is 13.4. The molecule has 2 aromatic carbocycles. The zero-order valence-corrected chi connectivity index (χ0v) is 19.3. The highest BCUT2D eigenvalue weighted by Crippen LogP contribution is 2.49. The number of carbonyl (C=O) groups excluding carboxylic acids is 1. The summed E-state index contributed by atoms with van der Waals surface area (Å²) in [7, 11) is 1.65. The van der Waals surface area contributed by atoms with E-state index in [-0.39, 0.29) is 12.6 Å². The van der Waals surface area contributed by atoms with Crippen LogP contribution in [0.5, 0.6) is 0 Å². The smallest absolute Gasteiger partial charge is 0.323 e. The fourth-order valence-electron chi connectivity index (χ4n) is 4.85. The van der Waals surface area contributed by atoms with Crippen LogP contribution in [0.1, 0.15) is 82.3 Å². The van der Waals surface area contributed by atoms with E-state index in [0.717, 1.165) is 35.1 Å². The van der Waals surface area contributed by atoms with E-state index in [4.69, 9.17) is 9.47 Å². The van der Waals surface area contributed by atoms with Gasteiger partial charge in [0.2, 0.25) is 0 Å². The third-order valence-corrected chi connectivity index (χ3v) is 6.50. The monoisotopic (exact) mass is 422 g/mol. The summed E-state index contributed by atoms with van der Waals surface area (Å²) in [6, 6.07) is 16.3. The number of unbranched alkanes of at least 4 members (excludes halogenated alkanes) is 9. The Bertz CT molecular complexity index is 781. The van der Waals surface area contributed by atoms with Crippen LogP contribution in [0.2, 0.25) is 0 Å². The summed E-state index contributed by atoms with van der Waals surface area (Å²) >= 11 is 0. The highest BCUT2D eigenvalue weighted by atomic mass is 16.5. The molecule has 1 aliphatic carbocycles. The Balaban J connectivity index is 1.53. The molecule has 0 unspecified atom stereocenters. The standard InChI is InChI=1S/C28H38O3/c1-3-4-5-6-7-8-9-10-11-16-21-31-27(29)28(22-30-2)25-19-14-12-17-23(25)24-18-13-15-20-26(24)28/h12-15,17-20H,3-11,16,21-22H2,1-2H3. The second-order valence-corrected chi connectivity index (χ2v) is 8.75. The lowest BCUT2D eigenvalue weighted by Crippen LogP contribution is -2.41. The molecule has 3 nitrogen and oxygen atoms in total. The van der Waals surface area contributed by atoms with Crippen molar-refractivity contribution in [2.75, 3.05) is 20.3 Å². The molecule has 0 saturated heterocycles. The quantitative estimate of drug-likeness (QED) is 0.241. The van der Waals surface area contributed by atoms with Crippen molar-refractivity contribution in [3.05, 3.63) is 59.7 Å². The molecule has 0 aromatic heterocycles. The highest BCUT2D eigenvalue weighted by molar-refractivity contribution is 5.98. The van der Waals surface area contributed by atoms with E-state index in [1.807, 2.05) is 36.4 Å². The van der Waals surface area contributed by atoms with Crippen LogP contribution in [0, 0.1) is 0 Å². The first-order valence-electron chi connectivity index (χ1n) is 12.1. The summed E-state index contributed by atoms with van der Waals surface area (Å²) in [5, 5.41) is 0. The third kappa shape index (κ3) is 5.38. The summed E-state index contributed by atoms with van der Waals surface area (Å²) in [5.74, 6) is -0.192. The maximum Gasteiger partial charge on any atom is 0.323 e. The van der Waals surface area contributed by atoms with Crippen LogP contribution in [0.15, 0.2) is 48.5 Å². The van der Waals surface area contributed by atoms with Crippen molar-refractivity contribution in [2.24, 2.45) is 0 Å². The van der Waals surface area contributed by atoms with Gasteiger partial charge < -0.3 is 9.47 Å². The number of hydrogen-bond donors (Lipinski definition) is 0. The van der Waals surface area contributed by atoms with Gasteiger partial charge in [-0.3, -0.25) is 4.79 Å². The summed E-state index contributed by atoms with van der Waals surface area (Å²) in [6.07, 6.45) is 12.7. The molecule has 2 aromatic rings. The van der Waals surface area contributed by atoms with Gasteiger partial charge >= 0.3 is 5.97 Å². The minimum Gasteiger partial charge on any atom is -0.465 e. The predicted molar refractivity (Wildman–Crippen MR) is 127 cm³/mol. The van der Waals surface area contributed by atoms with Crippen molar-refractivity contribution >= 4 is 5.97 Å². The first kappa shape index (κ1) is 23.5. The number of methoxy groups -OCH3 is 1. The lowest BCUT2D eigenvalue weighted by Gasteiger charge is -2.29. The molecule has 0 aliphatic heterocycles. The molecule has 0 radical (unpaired) electrons. The Morgan fingerprint density at radius 3 is 1.74 bits per heavy atom. The zero-order valence-electron chi connectivity index (χ0n) is 19.3. The van der Waals surface area contributed by atoms with Crippen molar-refractivity contribution in [2.45, 2.75) is 76.5 Å². The zero-order chi connectivity index (χ0) is 21.9. The molecule has 0 saturated carbocycles. The Morgan fingerprint density at radius 2 is 1.23 bits per heavy atom. The second kappa shape index (κ2) is 12.0. The first-order valence-corrected chi connectivity index (χ1v) is 12.1. The summed E-state index contributed by atoms with van der Waals surface area (Å²) in [4.78, 5) is 13.4. The number of hydrogen-bond acceptors (Lipinski definition) is 3. The third-order valence-electron chi connectivity index (χ3n) is 6.50. The van der Waals surface area contributed by atoms with Crippen LogP contribution < -0.4 is 0 Å². The Kier molecular flexibility index (Phi) is 9.14. The van der Waals surface area contributed by atoms with Gasteiger partial charge in [-0.1, -0.05) is 113 Å². The normalized spacial score (nSPS) is 13.6. The van der Waals surface area contributed by atoms with Gasteiger partial charge in [0, 0.05) is 7.11 Å². The van der Waals surface area contributed by atoms with Crippen LogP contribution >= 0.6 is 0 Å². The Labute approximate surface area is 188 Å². The van der Waals surface area contributed by atoms with E-state index in [0.29, 0.717) is 6.61 Å². The molecular weight excluding hydrogens is 384 g/mol. The van der Waals surface area contributed by atoms with Crippen LogP contribution in [0.4, 0.5) is 0 Å². The van der Waals surface area contributed by atoms with Gasteiger partial charge in [-0.05, 0) is 28.7 Å². The van der Waals surface area contributed by atoms with E-state index >= 15 is 0 Å². The van der Waals surface area contributed by atoms with Gasteiger partial charge in [0.1, 0.15) is 5.41 Å². The van der Waals surface area contributed by atoms with Crippen LogP contribution in [0.25, 0.3) is 11.1 Å². The van der Waals surface area contributed by atoms with E-state index in [1.165, 1.54) is 51.4 Å². The van der Waals surface area contributed by atoms with Gasteiger partial charge in [-0.2, -0.15) is 0 Å². The molecule has 0 amide bonds. The van der Waals surface area contributed by atoms with E-state index in [9.17, 15) is 4.79 Å². The highest BCUT2D eigenvalue weighted by Gasteiger charge is 2.50. The first-order chi connectivity index (χ1) is 15.3. The van der Waals surface area contributed by atoms with E-state index in [1.54, 1.807) is 7.11 Å². The summed E-state index contributed by atoms with van der Waals surface area (Å²) < 4.78 is 11.4. The van der Waals surface area contributed by atoms with Gasteiger partial charge in [0.25, 0.3) is 0 Å². The number of fused-ring (bicyclic) bond motifs is 3. The van der Waals surface area contributed by atoms with Gasteiger partial charge in [0.15, 0.2) is 0 Å². The molecule has 3 rings (SSSR count). The number of ether oxygens (including phenoxy) is 2. The molecule has 0 bridgehead atoms. The fraction of sp³-hybridized carbons (Fsp3) is 0.536. The molecule has 1 aliphatic rings. The van der Waals surface area contributed by atoms with Crippen molar-refractivity contribution in [1.29, 1.82) is 0 Å². The van der Waals surface area contributed by atoms with Gasteiger partial charge in [-0.25, -0.2) is 0 Å². The molecule has 3 heteroatoms. The van der Waals surface area contributed by atoms with Crippen molar-refractivity contribution in [3.8, 4) is 11.1 Å². The molecular formula is C28H38O3. The Morgan fingerprint density at radius 1 is 0.742 bits per heavy atom. The minimum absolute atomic E-state index is 0.192. The summed E-state index contributed by atoms with van der Waals surface area (Å²) in [6.45, 7) is 3.02. The minimum atomic E-state index is -0.875. The molecule has 0 atom stereocenters. The maximum atomic E-state index is 13.4. The molecule has 0 heterocycles. The lowest BCUT2D eigenvalue weighted by molar-refractivity contribution is -0.151. The number of carbonyl (C=O) groups is 1. The Hall–Kier alpha value is -2.13. The largest absolute Gasteiger partial charge is 0.465 e. The topological polar surface area (TPSA) is 35.5 Å². The van der Waals surface area contributed by atoms with Gasteiger partial charge in [-0.15, -0.1) is 0 Å². The SMILES string of the molecule is CCCCCCCCCCCCOC(=O)C1(COC)c2ccccc2-c2ccccc21. The van der Waals surface area contributed by atoms with Crippen molar-refractivity contribution in [1.82, 2.24) is 0 Å². The number of rotatable bonds is 14. The molecule has 31 heavy (non-hydrogen) atoms. The fourth-order valence-corrected chi connectivity index (χ4v) is 4.85. The second-order valence-electron chi connectivity index (χ2n) is 8.75. The van der Waals surface area contributed by atoms with Crippen molar-refractivity contribution < 1.29 is 14.3 Å². The lowest BCUT2D eigenvalue weighted by atomic mass is 9.79. The molecule has 0 fully saturated rings. The van der Waals surface area contributed by atoms with E-state index < -0.39 is 5.41 Å². The summed E-state index contributed by atoms with van der Waals surface area (Å²) in [5.41, 5.74) is 3.31. The van der Waals surface area contributed by atoms with Crippen LogP contribution in [0.3, 0.4) is 0 Å². The number of benzene rings is 2. The predicted octanol–water partition coefficient (Wildman–Crippen LogP) is 7.06. The van der Waals surface area contributed by atoms with Crippen molar-refractivity contribution in [3.63, 3.8) is 0 Å². The average Bonchev–Trinajstić information content (AvgIpc) is 3.09. The average molecular weight is 423 g/mol. The van der Waals surface area contributed by atoms with Gasteiger partial charge in [0.05, 0.1) is 13.2 Å². The van der Waals surface area contributed by atoms with Crippen LogP contribution in [-0.2, 0) is 19.7 Å². The van der Waals surface area contributed by atoms with Crippen LogP contribution in [-0.4, -0.2) is 26.3 Å². The molecule has 168 valence electrons. The molecule has 0 spiro atoms.